The van der Waals surface area contributed by atoms with Gasteiger partial charge in [-0.05, 0) is 67.3 Å². The van der Waals surface area contributed by atoms with Crippen molar-refractivity contribution < 1.29 is 14.3 Å². The molecule has 3 aromatic rings. The molecule has 0 bridgehead atoms. The number of nitrogens with one attached hydrogen (secondary N) is 1. The maximum atomic E-state index is 13.6. The molecule has 0 atom stereocenters. The second kappa shape index (κ2) is 8.71. The Kier molecular flexibility index (Phi) is 5.82. The van der Waals surface area contributed by atoms with Crippen LogP contribution in [-0.4, -0.2) is 18.9 Å². The van der Waals surface area contributed by atoms with Crippen LogP contribution in [0.2, 0.25) is 0 Å². The predicted molar refractivity (Wildman–Crippen MR) is 128 cm³/mol. The van der Waals surface area contributed by atoms with Gasteiger partial charge in [-0.25, -0.2) is 4.90 Å². The van der Waals surface area contributed by atoms with Gasteiger partial charge in [0.25, 0.3) is 11.8 Å². The predicted octanol–water partition coefficient (Wildman–Crippen LogP) is 5.27. The minimum Gasteiger partial charge on any atom is -0.496 e. The number of carbonyl (C=O) groups is 2. The van der Waals surface area contributed by atoms with Gasteiger partial charge in [-0.2, -0.15) is 0 Å². The van der Waals surface area contributed by atoms with E-state index in [0.29, 0.717) is 22.6 Å². The van der Waals surface area contributed by atoms with Crippen molar-refractivity contribution in [1.82, 2.24) is 0 Å². The summed E-state index contributed by atoms with van der Waals surface area (Å²) in [5.41, 5.74) is 5.79. The Morgan fingerprint density at radius 2 is 1.59 bits per heavy atom. The molecule has 4 rings (SSSR count). The van der Waals surface area contributed by atoms with E-state index in [4.69, 9.17) is 4.74 Å². The molecule has 32 heavy (non-hydrogen) atoms. The Bertz CT molecular complexity index is 1230. The fraction of sp³-hybridized carbons (Fsp3) is 0.185. The summed E-state index contributed by atoms with van der Waals surface area (Å²) in [5.74, 6) is -0.236. The first-order valence-corrected chi connectivity index (χ1v) is 10.6. The highest BCUT2D eigenvalue weighted by atomic mass is 16.5. The molecule has 0 aromatic heterocycles. The van der Waals surface area contributed by atoms with Crippen LogP contribution in [0.5, 0.6) is 5.75 Å². The van der Waals surface area contributed by atoms with Crippen molar-refractivity contribution in [3.05, 3.63) is 94.7 Å². The average molecular weight is 427 g/mol. The number of methoxy groups -OCH3 is 1. The molecule has 0 radical (unpaired) electrons. The summed E-state index contributed by atoms with van der Waals surface area (Å²) in [6.45, 7) is 6.11. The number of hydrogen-bond acceptors (Lipinski definition) is 4. The number of rotatable bonds is 6. The molecule has 3 aromatic carbocycles. The number of para-hydroxylation sites is 1. The van der Waals surface area contributed by atoms with E-state index in [1.165, 1.54) is 4.90 Å². The summed E-state index contributed by atoms with van der Waals surface area (Å²) in [7, 11) is 1.55. The van der Waals surface area contributed by atoms with Crippen molar-refractivity contribution in [3.63, 3.8) is 0 Å². The second-order valence-electron chi connectivity index (χ2n) is 7.84. The Balaban J connectivity index is 1.84. The fourth-order valence-corrected chi connectivity index (χ4v) is 3.83. The molecular formula is C27H26N2O3. The molecule has 0 aliphatic carbocycles. The normalized spacial score (nSPS) is 13.7. The van der Waals surface area contributed by atoms with E-state index in [2.05, 4.69) is 12.2 Å². The second-order valence-corrected chi connectivity index (χ2v) is 7.84. The van der Waals surface area contributed by atoms with Gasteiger partial charge in [0, 0.05) is 11.3 Å². The maximum absolute atomic E-state index is 13.6. The van der Waals surface area contributed by atoms with Crippen LogP contribution in [0.15, 0.2) is 72.4 Å². The minimum atomic E-state index is -0.390. The number of carbonyl (C=O) groups excluding carboxylic acids is 2. The molecule has 0 fully saturated rings. The molecule has 0 unspecified atom stereocenters. The number of anilines is 2. The molecule has 5 heteroatoms. The zero-order valence-corrected chi connectivity index (χ0v) is 18.7. The zero-order chi connectivity index (χ0) is 22.8. The fourth-order valence-electron chi connectivity index (χ4n) is 3.83. The van der Waals surface area contributed by atoms with Gasteiger partial charge < -0.3 is 10.1 Å². The number of ether oxygens (including phenoxy) is 1. The monoisotopic (exact) mass is 426 g/mol. The topological polar surface area (TPSA) is 58.6 Å². The van der Waals surface area contributed by atoms with Crippen molar-refractivity contribution in [2.45, 2.75) is 27.2 Å². The van der Waals surface area contributed by atoms with Crippen molar-refractivity contribution in [1.29, 1.82) is 0 Å². The van der Waals surface area contributed by atoms with E-state index in [9.17, 15) is 9.59 Å². The zero-order valence-electron chi connectivity index (χ0n) is 18.7. The van der Waals surface area contributed by atoms with Crippen molar-refractivity contribution in [2.24, 2.45) is 0 Å². The molecular weight excluding hydrogens is 400 g/mol. The van der Waals surface area contributed by atoms with E-state index in [1.807, 2.05) is 68.4 Å². The lowest BCUT2D eigenvalue weighted by Gasteiger charge is -2.16. The van der Waals surface area contributed by atoms with Crippen LogP contribution in [0.1, 0.15) is 29.2 Å². The molecule has 1 aliphatic rings. The van der Waals surface area contributed by atoms with Crippen LogP contribution in [0, 0.1) is 13.8 Å². The average Bonchev–Trinajstić information content (AvgIpc) is 3.05. The molecule has 2 amide bonds. The van der Waals surface area contributed by atoms with Gasteiger partial charge in [-0.3, -0.25) is 9.59 Å². The molecule has 1 aliphatic heterocycles. The first-order valence-electron chi connectivity index (χ1n) is 10.6. The summed E-state index contributed by atoms with van der Waals surface area (Å²) in [6, 6.07) is 20.6. The summed E-state index contributed by atoms with van der Waals surface area (Å²) in [5, 5.41) is 3.22. The molecule has 5 nitrogen and oxygen atoms in total. The number of amides is 2. The highest BCUT2D eigenvalue weighted by molar-refractivity contribution is 6.46. The number of aryl methyl sites for hydroxylation is 3. The first kappa shape index (κ1) is 21.4. The van der Waals surface area contributed by atoms with Crippen LogP contribution < -0.4 is 15.0 Å². The lowest BCUT2D eigenvalue weighted by Crippen LogP contribution is -2.32. The van der Waals surface area contributed by atoms with Crippen LogP contribution in [0.3, 0.4) is 0 Å². The largest absolute Gasteiger partial charge is 0.496 e. The lowest BCUT2D eigenvalue weighted by atomic mass is 10.0. The van der Waals surface area contributed by atoms with Crippen molar-refractivity contribution >= 4 is 28.8 Å². The first-order chi connectivity index (χ1) is 15.4. The lowest BCUT2D eigenvalue weighted by molar-refractivity contribution is -0.120. The number of nitrogens with zero attached hydrogens (tertiary/aromatic N) is 1. The van der Waals surface area contributed by atoms with E-state index < -0.39 is 5.91 Å². The molecule has 0 saturated heterocycles. The van der Waals surface area contributed by atoms with E-state index >= 15 is 0 Å². The number of imide groups is 1. The van der Waals surface area contributed by atoms with Gasteiger partial charge >= 0.3 is 0 Å². The summed E-state index contributed by atoms with van der Waals surface area (Å²) >= 11 is 0. The Labute approximate surface area is 188 Å². The minimum absolute atomic E-state index is 0.238. The van der Waals surface area contributed by atoms with Crippen LogP contribution in [0.25, 0.3) is 5.57 Å². The van der Waals surface area contributed by atoms with Gasteiger partial charge in [0.05, 0.1) is 18.4 Å². The molecule has 1 N–H and O–H groups in total. The highest BCUT2D eigenvalue weighted by Gasteiger charge is 2.41. The summed E-state index contributed by atoms with van der Waals surface area (Å²) in [4.78, 5) is 28.4. The van der Waals surface area contributed by atoms with Crippen molar-refractivity contribution in [3.8, 4) is 5.75 Å². The van der Waals surface area contributed by atoms with E-state index in [-0.39, 0.29) is 11.6 Å². The summed E-state index contributed by atoms with van der Waals surface area (Å²) < 4.78 is 5.50. The van der Waals surface area contributed by atoms with Gasteiger partial charge in [0.15, 0.2) is 0 Å². The summed E-state index contributed by atoms with van der Waals surface area (Å²) in [6.07, 6.45) is 0.881. The number of hydrogen-bond donors (Lipinski definition) is 1. The van der Waals surface area contributed by atoms with E-state index in [1.54, 1.807) is 19.2 Å². The Morgan fingerprint density at radius 1 is 0.875 bits per heavy atom. The van der Waals surface area contributed by atoms with Gasteiger partial charge in [0.2, 0.25) is 0 Å². The van der Waals surface area contributed by atoms with E-state index in [0.717, 1.165) is 28.8 Å². The molecule has 1 heterocycles. The third kappa shape index (κ3) is 3.78. The Hall–Kier alpha value is -3.86. The van der Waals surface area contributed by atoms with Crippen molar-refractivity contribution in [2.75, 3.05) is 17.3 Å². The van der Waals surface area contributed by atoms with Crippen LogP contribution >= 0.6 is 0 Å². The maximum Gasteiger partial charge on any atom is 0.282 e. The van der Waals surface area contributed by atoms with Gasteiger partial charge in [-0.15, -0.1) is 0 Å². The van der Waals surface area contributed by atoms with Crippen LogP contribution in [0.4, 0.5) is 11.4 Å². The highest BCUT2D eigenvalue weighted by Crippen LogP contribution is 2.37. The third-order valence-corrected chi connectivity index (χ3v) is 5.84. The smallest absolute Gasteiger partial charge is 0.282 e. The third-order valence-electron chi connectivity index (χ3n) is 5.84. The SMILES string of the molecule is CCc1ccc(N2C(=O)C(Nc3ccc(C)c(C)c3)=C(c3ccccc3OC)C2=O)cc1. The Morgan fingerprint density at radius 3 is 2.25 bits per heavy atom. The van der Waals surface area contributed by atoms with Crippen LogP contribution in [-0.2, 0) is 16.0 Å². The molecule has 0 saturated carbocycles. The molecule has 162 valence electrons. The standard InChI is InChI=1S/C27H26N2O3/c1-5-19-11-14-21(15-12-19)29-26(30)24(22-8-6-7-9-23(22)32-4)25(27(29)31)28-20-13-10-17(2)18(3)16-20/h6-16,28H,5H2,1-4H3. The quantitative estimate of drug-likeness (QED) is 0.546. The number of benzene rings is 3. The van der Waals surface area contributed by atoms with Gasteiger partial charge in [-0.1, -0.05) is 43.3 Å². The molecule has 0 spiro atoms. The van der Waals surface area contributed by atoms with Gasteiger partial charge in [0.1, 0.15) is 11.4 Å².